The molecule has 2 aliphatic rings. The van der Waals surface area contributed by atoms with Crippen LogP contribution in [0.3, 0.4) is 0 Å². The fraction of sp³-hybridized carbons (Fsp3) is 0.424. The van der Waals surface area contributed by atoms with Crippen molar-refractivity contribution in [1.29, 1.82) is 0 Å². The van der Waals surface area contributed by atoms with E-state index in [4.69, 9.17) is 18.9 Å². The highest BCUT2D eigenvalue weighted by molar-refractivity contribution is 5.97. The van der Waals surface area contributed by atoms with Gasteiger partial charge in [-0.25, -0.2) is 4.79 Å². The van der Waals surface area contributed by atoms with E-state index < -0.39 is 5.60 Å². The molecule has 0 N–H and O–H groups in total. The predicted molar refractivity (Wildman–Crippen MR) is 148 cm³/mol. The molecule has 0 aromatic heterocycles. The normalized spacial score (nSPS) is 16.9. The molecule has 200 valence electrons. The second-order valence-electron chi connectivity index (χ2n) is 10.2. The Balaban J connectivity index is 1.16. The Hall–Kier alpha value is -3.31. The highest BCUT2D eigenvalue weighted by Gasteiger charge is 2.53. The standard InChI is InChI=1S/C33H38O5/c1-2-3-4-5-6-7-8-9-10-15-22-35-24-36-25-20-21-29-31(23-25)37-30-19-14-13-18-28(30)33(29)27-17-12-11-16-26(27)32(34)38-33/h11-14,16-21,23H,2-10,15,22,24H2,1H3. The first-order chi connectivity index (χ1) is 18.7. The lowest BCUT2D eigenvalue weighted by atomic mass is 9.78. The van der Waals surface area contributed by atoms with Gasteiger partial charge < -0.3 is 18.9 Å². The molecule has 0 amide bonds. The highest BCUT2D eigenvalue weighted by Crippen LogP contribution is 2.56. The Kier molecular flexibility index (Phi) is 8.65. The number of unbranched alkanes of at least 4 members (excludes halogenated alkanes) is 9. The number of para-hydroxylation sites is 1. The molecule has 0 saturated heterocycles. The lowest BCUT2D eigenvalue weighted by Crippen LogP contribution is -2.32. The van der Waals surface area contributed by atoms with E-state index >= 15 is 0 Å². The van der Waals surface area contributed by atoms with E-state index in [-0.39, 0.29) is 12.8 Å². The number of rotatable bonds is 14. The van der Waals surface area contributed by atoms with E-state index in [0.29, 0.717) is 29.4 Å². The molecule has 1 spiro atoms. The third-order valence-corrected chi connectivity index (χ3v) is 7.54. The van der Waals surface area contributed by atoms with Gasteiger partial charge in [-0.2, -0.15) is 0 Å². The van der Waals surface area contributed by atoms with Gasteiger partial charge in [-0.15, -0.1) is 0 Å². The van der Waals surface area contributed by atoms with Crippen molar-refractivity contribution in [3.63, 3.8) is 0 Å². The molecule has 1 atom stereocenters. The van der Waals surface area contributed by atoms with Crippen molar-refractivity contribution < 1.29 is 23.7 Å². The Labute approximate surface area is 226 Å². The third kappa shape index (κ3) is 5.44. The van der Waals surface area contributed by atoms with Gasteiger partial charge in [0.1, 0.15) is 17.2 Å². The molecule has 0 saturated carbocycles. The molecule has 0 fully saturated rings. The molecular formula is C33H38O5. The summed E-state index contributed by atoms with van der Waals surface area (Å²) in [6, 6.07) is 20.9. The molecule has 5 heteroatoms. The zero-order valence-corrected chi connectivity index (χ0v) is 22.4. The van der Waals surface area contributed by atoms with Crippen LogP contribution in [-0.2, 0) is 15.1 Å². The van der Waals surface area contributed by atoms with Gasteiger partial charge in [0.15, 0.2) is 12.4 Å². The number of carbonyl (C=O) groups is 1. The summed E-state index contributed by atoms with van der Waals surface area (Å²) in [5.41, 5.74) is 1.97. The topological polar surface area (TPSA) is 54.0 Å². The van der Waals surface area contributed by atoms with Crippen LogP contribution in [0.1, 0.15) is 98.2 Å². The number of fused-ring (bicyclic) bond motifs is 6. The van der Waals surface area contributed by atoms with Crippen LogP contribution in [-0.4, -0.2) is 19.4 Å². The number of esters is 1. The summed E-state index contributed by atoms with van der Waals surface area (Å²) in [6.45, 7) is 3.15. The monoisotopic (exact) mass is 514 g/mol. The van der Waals surface area contributed by atoms with Crippen molar-refractivity contribution in [1.82, 2.24) is 0 Å². The minimum Gasteiger partial charge on any atom is -0.467 e. The quantitative estimate of drug-likeness (QED) is 0.123. The van der Waals surface area contributed by atoms with Gasteiger partial charge >= 0.3 is 5.97 Å². The lowest BCUT2D eigenvalue weighted by molar-refractivity contribution is 0.0131. The van der Waals surface area contributed by atoms with Crippen LogP contribution >= 0.6 is 0 Å². The predicted octanol–water partition coefficient (Wildman–Crippen LogP) is 8.53. The second-order valence-corrected chi connectivity index (χ2v) is 10.2. The van der Waals surface area contributed by atoms with Crippen LogP contribution in [0.25, 0.3) is 0 Å². The van der Waals surface area contributed by atoms with Gasteiger partial charge in [-0.05, 0) is 30.7 Å². The molecule has 2 heterocycles. The third-order valence-electron chi connectivity index (χ3n) is 7.54. The maximum Gasteiger partial charge on any atom is 0.340 e. The van der Waals surface area contributed by atoms with Crippen molar-refractivity contribution >= 4 is 5.97 Å². The summed E-state index contributed by atoms with van der Waals surface area (Å²) >= 11 is 0. The Morgan fingerprint density at radius 1 is 0.711 bits per heavy atom. The number of hydrogen-bond acceptors (Lipinski definition) is 5. The molecule has 3 aromatic carbocycles. The second kappa shape index (κ2) is 12.5. The molecule has 3 aromatic rings. The number of ether oxygens (including phenoxy) is 4. The van der Waals surface area contributed by atoms with E-state index in [2.05, 4.69) is 6.92 Å². The van der Waals surface area contributed by atoms with E-state index in [1.54, 1.807) is 0 Å². The fourth-order valence-electron chi connectivity index (χ4n) is 5.56. The van der Waals surface area contributed by atoms with Gasteiger partial charge in [0, 0.05) is 22.8 Å². The van der Waals surface area contributed by atoms with Gasteiger partial charge in [0.25, 0.3) is 0 Å². The first kappa shape index (κ1) is 26.3. The summed E-state index contributed by atoms with van der Waals surface area (Å²) in [7, 11) is 0. The van der Waals surface area contributed by atoms with Crippen LogP contribution in [0.15, 0.2) is 66.7 Å². The van der Waals surface area contributed by atoms with Crippen LogP contribution in [0.2, 0.25) is 0 Å². The van der Waals surface area contributed by atoms with Gasteiger partial charge in [0.2, 0.25) is 0 Å². The van der Waals surface area contributed by atoms with E-state index in [1.807, 2.05) is 66.7 Å². The van der Waals surface area contributed by atoms with Gasteiger partial charge in [-0.3, -0.25) is 0 Å². The average Bonchev–Trinajstić information content (AvgIpc) is 3.24. The van der Waals surface area contributed by atoms with Gasteiger partial charge in [-0.1, -0.05) is 101 Å². The molecule has 5 nitrogen and oxygen atoms in total. The zero-order valence-electron chi connectivity index (χ0n) is 22.4. The summed E-state index contributed by atoms with van der Waals surface area (Å²) < 4.78 is 24.0. The molecule has 2 aliphatic heterocycles. The highest BCUT2D eigenvalue weighted by atomic mass is 16.7. The molecule has 1 unspecified atom stereocenters. The van der Waals surface area contributed by atoms with Gasteiger partial charge in [0.05, 0.1) is 12.2 Å². The molecular weight excluding hydrogens is 476 g/mol. The largest absolute Gasteiger partial charge is 0.467 e. The Morgan fingerprint density at radius 2 is 1.37 bits per heavy atom. The zero-order chi connectivity index (χ0) is 26.2. The summed E-state index contributed by atoms with van der Waals surface area (Å²) in [6.07, 6.45) is 13.0. The Morgan fingerprint density at radius 3 is 2.16 bits per heavy atom. The SMILES string of the molecule is CCCCCCCCCCCCOCOc1ccc2c(c1)Oc1ccccc1C21OC(=O)c2ccccc21. The van der Waals surface area contributed by atoms with Crippen molar-refractivity contribution in [2.24, 2.45) is 0 Å². The summed E-state index contributed by atoms with van der Waals surface area (Å²) in [5.74, 6) is 1.60. The lowest BCUT2D eigenvalue weighted by Gasteiger charge is -2.36. The van der Waals surface area contributed by atoms with Crippen LogP contribution in [0.5, 0.6) is 17.2 Å². The molecule has 0 bridgehead atoms. The number of carbonyl (C=O) groups excluding carboxylic acids is 1. The van der Waals surface area contributed by atoms with Crippen LogP contribution in [0, 0.1) is 0 Å². The summed E-state index contributed by atoms with van der Waals surface area (Å²) in [4.78, 5) is 12.9. The van der Waals surface area contributed by atoms with Crippen molar-refractivity contribution in [3.8, 4) is 17.2 Å². The van der Waals surface area contributed by atoms with Crippen LogP contribution in [0.4, 0.5) is 0 Å². The maximum atomic E-state index is 12.9. The van der Waals surface area contributed by atoms with E-state index in [0.717, 1.165) is 23.1 Å². The molecule has 5 rings (SSSR count). The summed E-state index contributed by atoms with van der Waals surface area (Å²) in [5, 5.41) is 0. The van der Waals surface area contributed by atoms with Crippen LogP contribution < -0.4 is 9.47 Å². The molecule has 38 heavy (non-hydrogen) atoms. The minimum absolute atomic E-state index is 0.190. The smallest absolute Gasteiger partial charge is 0.340 e. The minimum atomic E-state index is -1.04. The molecule has 0 aliphatic carbocycles. The average molecular weight is 515 g/mol. The van der Waals surface area contributed by atoms with E-state index in [9.17, 15) is 4.79 Å². The van der Waals surface area contributed by atoms with Crippen molar-refractivity contribution in [3.05, 3.63) is 89.0 Å². The number of benzene rings is 3. The maximum absolute atomic E-state index is 12.9. The first-order valence-electron chi connectivity index (χ1n) is 14.2. The van der Waals surface area contributed by atoms with Crippen molar-refractivity contribution in [2.75, 3.05) is 13.4 Å². The number of hydrogen-bond donors (Lipinski definition) is 0. The first-order valence-corrected chi connectivity index (χ1v) is 14.2. The van der Waals surface area contributed by atoms with E-state index in [1.165, 1.54) is 57.8 Å². The fourth-order valence-corrected chi connectivity index (χ4v) is 5.56. The Bertz CT molecular complexity index is 1240. The molecule has 0 radical (unpaired) electrons. The van der Waals surface area contributed by atoms with Crippen molar-refractivity contribution in [2.45, 2.75) is 76.7 Å².